The molecule has 1 atom stereocenters. The third-order valence-electron chi connectivity index (χ3n) is 2.41. The Morgan fingerprint density at radius 3 is 2.88 bits per heavy atom. The lowest BCUT2D eigenvalue weighted by Gasteiger charge is -2.22. The second kappa shape index (κ2) is 6.32. The Hall–Kier alpha value is -1.46. The van der Waals surface area contributed by atoms with E-state index >= 15 is 0 Å². The summed E-state index contributed by atoms with van der Waals surface area (Å²) < 4.78 is 4.86. The van der Waals surface area contributed by atoms with Gasteiger partial charge in [0, 0.05) is 32.5 Å². The van der Waals surface area contributed by atoms with Crippen LogP contribution in [-0.4, -0.2) is 49.8 Å². The van der Waals surface area contributed by atoms with Gasteiger partial charge in [0.15, 0.2) is 6.29 Å². The van der Waals surface area contributed by atoms with Gasteiger partial charge >= 0.3 is 0 Å². The van der Waals surface area contributed by atoms with Crippen LogP contribution in [-0.2, 0) is 4.74 Å². The predicted octanol–water partition coefficient (Wildman–Crippen LogP) is 0.646. The number of aliphatic hydroxyl groups excluding tert-OH is 1. The Kier molecular flexibility index (Phi) is 5.06. The van der Waals surface area contributed by atoms with Crippen molar-refractivity contribution in [2.24, 2.45) is 0 Å². The van der Waals surface area contributed by atoms with E-state index in [0.717, 1.165) is 17.7 Å². The molecule has 94 valence electrons. The first kappa shape index (κ1) is 13.6. The van der Waals surface area contributed by atoms with Gasteiger partial charge in [-0.05, 0) is 18.6 Å². The fraction of sp³-hybridized carbons (Fsp3) is 0.500. The second-order valence-electron chi connectivity index (χ2n) is 4.02. The van der Waals surface area contributed by atoms with Crippen LogP contribution in [0.5, 0.6) is 0 Å². The minimum Gasteiger partial charge on any atom is -0.389 e. The average Bonchev–Trinajstić information content (AvgIpc) is 2.28. The van der Waals surface area contributed by atoms with Crippen LogP contribution in [0.25, 0.3) is 0 Å². The van der Waals surface area contributed by atoms with Crippen molar-refractivity contribution >= 4 is 12.1 Å². The van der Waals surface area contributed by atoms with Crippen LogP contribution >= 0.6 is 0 Å². The Morgan fingerprint density at radius 2 is 2.35 bits per heavy atom. The van der Waals surface area contributed by atoms with Gasteiger partial charge in [0.25, 0.3) is 0 Å². The summed E-state index contributed by atoms with van der Waals surface area (Å²) in [6, 6.07) is 1.77. The van der Waals surface area contributed by atoms with Crippen molar-refractivity contribution in [2.75, 3.05) is 32.2 Å². The Balaban J connectivity index is 2.74. The normalized spacial score (nSPS) is 12.2. The highest BCUT2D eigenvalue weighted by Gasteiger charge is 2.11. The SMILES string of the molecule is COCC(O)CN(C)c1ncc(C=O)cc1C. The molecule has 5 heteroatoms. The molecule has 1 aromatic heterocycles. The third kappa shape index (κ3) is 3.80. The van der Waals surface area contributed by atoms with Crippen LogP contribution in [0.15, 0.2) is 12.3 Å². The number of aromatic nitrogens is 1. The molecule has 5 nitrogen and oxygen atoms in total. The number of carbonyl (C=O) groups excluding carboxylic acids is 1. The first-order valence-electron chi connectivity index (χ1n) is 5.38. The van der Waals surface area contributed by atoms with Gasteiger partial charge in [0.05, 0.1) is 12.7 Å². The lowest BCUT2D eigenvalue weighted by atomic mass is 10.2. The van der Waals surface area contributed by atoms with Gasteiger partial charge < -0.3 is 14.7 Å². The number of methoxy groups -OCH3 is 1. The maximum Gasteiger partial charge on any atom is 0.151 e. The molecule has 0 saturated carbocycles. The van der Waals surface area contributed by atoms with Gasteiger partial charge in [0.2, 0.25) is 0 Å². The maximum atomic E-state index is 10.6. The molecular formula is C12H18N2O3. The predicted molar refractivity (Wildman–Crippen MR) is 65.5 cm³/mol. The van der Waals surface area contributed by atoms with Crippen molar-refractivity contribution in [1.82, 2.24) is 4.98 Å². The van der Waals surface area contributed by atoms with E-state index in [0.29, 0.717) is 12.1 Å². The molecule has 0 amide bonds. The molecule has 0 bridgehead atoms. The Bertz CT molecular complexity index is 382. The fourth-order valence-corrected chi connectivity index (χ4v) is 1.70. The minimum absolute atomic E-state index is 0.288. The molecule has 1 unspecified atom stereocenters. The summed E-state index contributed by atoms with van der Waals surface area (Å²) in [7, 11) is 3.39. The van der Waals surface area contributed by atoms with Crippen molar-refractivity contribution in [3.8, 4) is 0 Å². The van der Waals surface area contributed by atoms with Gasteiger partial charge in [-0.25, -0.2) is 4.98 Å². The number of likely N-dealkylation sites (N-methyl/N-ethyl adjacent to an activating group) is 1. The molecule has 0 aliphatic heterocycles. The van der Waals surface area contributed by atoms with Crippen LogP contribution in [0, 0.1) is 6.92 Å². The molecule has 17 heavy (non-hydrogen) atoms. The molecule has 0 radical (unpaired) electrons. The fourth-order valence-electron chi connectivity index (χ4n) is 1.70. The summed E-state index contributed by atoms with van der Waals surface area (Å²) in [6.45, 7) is 2.60. The molecule has 0 saturated heterocycles. The summed E-state index contributed by atoms with van der Waals surface area (Å²) >= 11 is 0. The lowest BCUT2D eigenvalue weighted by Crippen LogP contribution is -2.32. The highest BCUT2D eigenvalue weighted by atomic mass is 16.5. The summed E-state index contributed by atoms with van der Waals surface area (Å²) in [6.07, 6.45) is 1.73. The number of aldehydes is 1. The highest BCUT2D eigenvalue weighted by molar-refractivity contribution is 5.75. The molecule has 0 fully saturated rings. The highest BCUT2D eigenvalue weighted by Crippen LogP contribution is 2.16. The molecule has 0 aliphatic rings. The third-order valence-corrected chi connectivity index (χ3v) is 2.41. The zero-order valence-corrected chi connectivity index (χ0v) is 10.4. The molecule has 1 aromatic rings. The molecular weight excluding hydrogens is 220 g/mol. The largest absolute Gasteiger partial charge is 0.389 e. The lowest BCUT2D eigenvalue weighted by molar-refractivity contribution is 0.0694. The first-order valence-corrected chi connectivity index (χ1v) is 5.38. The van der Waals surface area contributed by atoms with Gasteiger partial charge in [-0.1, -0.05) is 0 Å². The number of aryl methyl sites for hydroxylation is 1. The second-order valence-corrected chi connectivity index (χ2v) is 4.02. The Morgan fingerprint density at radius 1 is 1.65 bits per heavy atom. The number of carbonyl (C=O) groups is 1. The molecule has 1 rings (SSSR count). The first-order chi connectivity index (χ1) is 8.08. The summed E-state index contributed by atoms with van der Waals surface area (Å²) in [5, 5.41) is 9.62. The zero-order chi connectivity index (χ0) is 12.8. The number of rotatable bonds is 6. The van der Waals surface area contributed by atoms with Crippen molar-refractivity contribution in [3.63, 3.8) is 0 Å². The van der Waals surface area contributed by atoms with Gasteiger partial charge in [-0.3, -0.25) is 4.79 Å². The van der Waals surface area contributed by atoms with Crippen LogP contribution in [0.1, 0.15) is 15.9 Å². The van der Waals surface area contributed by atoms with E-state index in [-0.39, 0.29) is 6.61 Å². The number of anilines is 1. The summed E-state index contributed by atoms with van der Waals surface area (Å²) in [4.78, 5) is 16.6. The number of aliphatic hydroxyl groups is 1. The number of hydrogen-bond acceptors (Lipinski definition) is 5. The monoisotopic (exact) mass is 238 g/mol. The summed E-state index contributed by atoms with van der Waals surface area (Å²) in [5.74, 6) is 0.755. The number of hydrogen-bond donors (Lipinski definition) is 1. The Labute approximate surface area is 101 Å². The van der Waals surface area contributed by atoms with E-state index < -0.39 is 6.10 Å². The molecule has 1 heterocycles. The van der Waals surface area contributed by atoms with Crippen molar-refractivity contribution in [2.45, 2.75) is 13.0 Å². The average molecular weight is 238 g/mol. The van der Waals surface area contributed by atoms with Gasteiger partial charge in [-0.2, -0.15) is 0 Å². The van der Waals surface area contributed by atoms with Gasteiger partial charge in [-0.15, -0.1) is 0 Å². The number of pyridine rings is 1. The summed E-state index contributed by atoms with van der Waals surface area (Å²) in [5.41, 5.74) is 1.46. The quantitative estimate of drug-likeness (QED) is 0.737. The van der Waals surface area contributed by atoms with E-state index in [4.69, 9.17) is 4.74 Å². The molecule has 0 aromatic carbocycles. The van der Waals surface area contributed by atoms with Gasteiger partial charge in [0.1, 0.15) is 5.82 Å². The van der Waals surface area contributed by atoms with E-state index in [1.165, 1.54) is 6.20 Å². The van der Waals surface area contributed by atoms with E-state index in [1.54, 1.807) is 13.2 Å². The van der Waals surface area contributed by atoms with Crippen LogP contribution < -0.4 is 4.90 Å². The molecule has 1 N–H and O–H groups in total. The van der Waals surface area contributed by atoms with Crippen molar-refractivity contribution < 1.29 is 14.6 Å². The minimum atomic E-state index is -0.558. The van der Waals surface area contributed by atoms with Crippen LogP contribution in [0.2, 0.25) is 0 Å². The maximum absolute atomic E-state index is 10.6. The topological polar surface area (TPSA) is 62.7 Å². The van der Waals surface area contributed by atoms with E-state index in [9.17, 15) is 9.90 Å². The van der Waals surface area contributed by atoms with Crippen LogP contribution in [0.3, 0.4) is 0 Å². The smallest absolute Gasteiger partial charge is 0.151 e. The zero-order valence-electron chi connectivity index (χ0n) is 10.4. The van der Waals surface area contributed by atoms with Crippen LogP contribution in [0.4, 0.5) is 5.82 Å². The van der Waals surface area contributed by atoms with Crippen molar-refractivity contribution in [1.29, 1.82) is 0 Å². The number of ether oxygens (including phenoxy) is 1. The van der Waals surface area contributed by atoms with Crippen molar-refractivity contribution in [3.05, 3.63) is 23.4 Å². The molecule has 0 spiro atoms. The van der Waals surface area contributed by atoms with E-state index in [1.807, 2.05) is 18.9 Å². The standard InChI is InChI=1S/C12H18N2O3/c1-9-4-10(7-15)5-13-12(9)14(2)6-11(16)8-17-3/h4-5,7,11,16H,6,8H2,1-3H3. The molecule has 0 aliphatic carbocycles. The number of nitrogens with zero attached hydrogens (tertiary/aromatic N) is 2. The van der Waals surface area contributed by atoms with E-state index in [2.05, 4.69) is 4.98 Å².